The van der Waals surface area contributed by atoms with Gasteiger partial charge in [-0.25, -0.2) is 0 Å². The Morgan fingerprint density at radius 1 is 0.630 bits per heavy atom. The molecule has 0 atom stereocenters. The molecule has 0 rings (SSSR count). The van der Waals surface area contributed by atoms with E-state index in [0.29, 0.717) is 13.0 Å². The summed E-state index contributed by atoms with van der Waals surface area (Å²) in [6.45, 7) is 6.11. The number of carbonyl (C=O) groups is 2. The molecule has 0 aliphatic heterocycles. The van der Waals surface area contributed by atoms with Crippen LogP contribution in [0.5, 0.6) is 0 Å². The third-order valence-corrected chi connectivity index (χ3v) is 4.87. The van der Waals surface area contributed by atoms with E-state index in [1.54, 1.807) is 0 Å². The van der Waals surface area contributed by atoms with Gasteiger partial charge in [0.25, 0.3) is 0 Å². The first-order valence-corrected chi connectivity index (χ1v) is 11.2. The molecule has 0 fully saturated rings. The van der Waals surface area contributed by atoms with E-state index >= 15 is 0 Å². The highest BCUT2D eigenvalue weighted by molar-refractivity contribution is 6.37. The van der Waals surface area contributed by atoms with Crippen LogP contribution in [0.4, 0.5) is 0 Å². The SMILES string of the molecule is CCCCCCCCCCCCCCCCCC(=O)C(=O)C[CH]OCC.N. The Morgan fingerprint density at radius 2 is 1.04 bits per heavy atom. The highest BCUT2D eigenvalue weighted by Crippen LogP contribution is 2.13. The number of hydrogen-bond acceptors (Lipinski definition) is 4. The van der Waals surface area contributed by atoms with Crippen molar-refractivity contribution in [3.63, 3.8) is 0 Å². The van der Waals surface area contributed by atoms with Gasteiger partial charge in [0.2, 0.25) is 5.78 Å². The highest BCUT2D eigenvalue weighted by atomic mass is 16.5. The summed E-state index contributed by atoms with van der Waals surface area (Å²) in [7, 11) is 0. The summed E-state index contributed by atoms with van der Waals surface area (Å²) in [5, 5.41) is 0. The highest BCUT2D eigenvalue weighted by Gasteiger charge is 2.12. The third kappa shape index (κ3) is 21.4. The fraction of sp³-hybridized carbons (Fsp3) is 0.870. The molecule has 0 aromatic rings. The van der Waals surface area contributed by atoms with Crippen LogP contribution < -0.4 is 6.15 Å². The van der Waals surface area contributed by atoms with Crippen LogP contribution in [-0.2, 0) is 14.3 Å². The van der Waals surface area contributed by atoms with Gasteiger partial charge in [-0.05, 0) is 13.3 Å². The van der Waals surface area contributed by atoms with Gasteiger partial charge in [0.1, 0.15) is 0 Å². The number of Topliss-reactive ketones (excluding diaryl/α,β-unsaturated/α-hetero) is 2. The molecule has 0 unspecified atom stereocenters. The van der Waals surface area contributed by atoms with Gasteiger partial charge < -0.3 is 10.9 Å². The summed E-state index contributed by atoms with van der Waals surface area (Å²) in [4.78, 5) is 23.2. The average Bonchev–Trinajstić information content (AvgIpc) is 2.64. The van der Waals surface area contributed by atoms with Gasteiger partial charge in [-0.1, -0.05) is 96.8 Å². The second-order valence-electron chi connectivity index (χ2n) is 7.37. The van der Waals surface area contributed by atoms with Crippen molar-refractivity contribution in [2.24, 2.45) is 0 Å². The molecule has 0 aromatic heterocycles. The van der Waals surface area contributed by atoms with Crippen molar-refractivity contribution >= 4 is 11.6 Å². The first kappa shape index (κ1) is 28.5. The summed E-state index contributed by atoms with van der Waals surface area (Å²) < 4.78 is 4.99. The molecule has 1 radical (unpaired) electrons. The monoisotopic (exact) mass is 384 g/mol. The molecule has 0 spiro atoms. The molecule has 4 heteroatoms. The molecule has 0 saturated carbocycles. The zero-order valence-corrected chi connectivity index (χ0v) is 18.2. The molecule has 3 N–H and O–H groups in total. The van der Waals surface area contributed by atoms with Gasteiger partial charge in [0, 0.05) is 19.4 Å². The zero-order valence-electron chi connectivity index (χ0n) is 18.2. The van der Waals surface area contributed by atoms with Crippen LogP contribution in [0.15, 0.2) is 0 Å². The Balaban J connectivity index is 0. The Kier molecular flexibility index (Phi) is 24.6. The summed E-state index contributed by atoms with van der Waals surface area (Å²) >= 11 is 0. The molecule has 0 aliphatic rings. The first-order chi connectivity index (χ1) is 12.7. The van der Waals surface area contributed by atoms with Crippen molar-refractivity contribution in [3.05, 3.63) is 6.61 Å². The predicted octanol–water partition coefficient (Wildman–Crippen LogP) is 7.14. The lowest BCUT2D eigenvalue weighted by atomic mass is 10.0. The number of unbranched alkanes of at least 4 members (excludes halogenated alkanes) is 14. The van der Waals surface area contributed by atoms with Crippen LogP contribution in [0, 0.1) is 6.61 Å². The Labute approximate surface area is 168 Å². The van der Waals surface area contributed by atoms with E-state index in [9.17, 15) is 9.59 Å². The van der Waals surface area contributed by atoms with Crippen LogP contribution in [0.3, 0.4) is 0 Å². The van der Waals surface area contributed by atoms with E-state index in [-0.39, 0.29) is 24.1 Å². The van der Waals surface area contributed by atoms with E-state index in [2.05, 4.69) is 6.92 Å². The lowest BCUT2D eigenvalue weighted by Gasteiger charge is -2.03. The van der Waals surface area contributed by atoms with Crippen LogP contribution >= 0.6 is 0 Å². The lowest BCUT2D eigenvalue weighted by molar-refractivity contribution is -0.136. The maximum absolute atomic E-state index is 11.6. The predicted molar refractivity (Wildman–Crippen MR) is 115 cm³/mol. The second-order valence-corrected chi connectivity index (χ2v) is 7.37. The molecule has 0 saturated heterocycles. The average molecular weight is 385 g/mol. The van der Waals surface area contributed by atoms with Crippen molar-refractivity contribution in [1.29, 1.82) is 0 Å². The molecular formula is C23H46NO3. The molecule has 27 heavy (non-hydrogen) atoms. The van der Waals surface area contributed by atoms with Crippen molar-refractivity contribution in [1.82, 2.24) is 6.15 Å². The number of rotatable bonds is 21. The van der Waals surface area contributed by atoms with E-state index < -0.39 is 0 Å². The van der Waals surface area contributed by atoms with Crippen molar-refractivity contribution < 1.29 is 14.3 Å². The van der Waals surface area contributed by atoms with Gasteiger partial charge in [0.05, 0.1) is 6.61 Å². The standard InChI is InChI=1S/C23H43O3.H3N/c1-3-5-6-7-8-9-10-11-12-13-14-15-16-17-18-19-22(24)23(25)20-21-26-4-2;/h21H,3-20H2,1-2H3;1H3. The normalized spacial score (nSPS) is 10.6. The third-order valence-electron chi connectivity index (χ3n) is 4.87. The molecule has 0 bridgehead atoms. The van der Waals surface area contributed by atoms with Gasteiger partial charge >= 0.3 is 0 Å². The van der Waals surface area contributed by atoms with Crippen LogP contribution in [-0.4, -0.2) is 18.2 Å². The van der Waals surface area contributed by atoms with Crippen LogP contribution in [0.25, 0.3) is 0 Å². The maximum atomic E-state index is 11.6. The van der Waals surface area contributed by atoms with Gasteiger partial charge in [-0.3, -0.25) is 9.59 Å². The van der Waals surface area contributed by atoms with Gasteiger partial charge in [-0.2, -0.15) is 0 Å². The van der Waals surface area contributed by atoms with Crippen LogP contribution in [0.1, 0.15) is 123 Å². The van der Waals surface area contributed by atoms with E-state index in [0.717, 1.165) is 12.8 Å². The number of ether oxygens (including phenoxy) is 1. The number of hydrogen-bond donors (Lipinski definition) is 1. The maximum Gasteiger partial charge on any atom is 0.201 e. The fourth-order valence-electron chi connectivity index (χ4n) is 3.16. The smallest absolute Gasteiger partial charge is 0.201 e. The topological polar surface area (TPSA) is 78.4 Å². The van der Waals surface area contributed by atoms with E-state index in [1.807, 2.05) is 6.92 Å². The quantitative estimate of drug-likeness (QED) is 0.168. The molecule has 0 aromatic carbocycles. The fourth-order valence-corrected chi connectivity index (χ4v) is 3.16. The first-order valence-electron chi connectivity index (χ1n) is 11.2. The van der Waals surface area contributed by atoms with Crippen molar-refractivity contribution in [2.75, 3.05) is 6.61 Å². The largest absolute Gasteiger partial charge is 0.375 e. The molecule has 0 heterocycles. The summed E-state index contributed by atoms with van der Waals surface area (Å²) in [6.07, 6.45) is 20.1. The van der Waals surface area contributed by atoms with Gasteiger partial charge in [-0.15, -0.1) is 0 Å². The zero-order chi connectivity index (χ0) is 19.3. The van der Waals surface area contributed by atoms with E-state index in [4.69, 9.17) is 4.74 Å². The molecule has 0 amide bonds. The minimum absolute atomic E-state index is 0. The molecule has 4 nitrogen and oxygen atoms in total. The van der Waals surface area contributed by atoms with Gasteiger partial charge in [0.15, 0.2) is 5.78 Å². The number of carbonyl (C=O) groups excluding carboxylic acids is 2. The molecule has 0 aliphatic carbocycles. The molecular weight excluding hydrogens is 338 g/mol. The van der Waals surface area contributed by atoms with Crippen LogP contribution in [0.2, 0.25) is 0 Å². The second kappa shape index (κ2) is 23.3. The summed E-state index contributed by atoms with van der Waals surface area (Å²) in [6, 6.07) is 0. The molecule has 161 valence electrons. The minimum Gasteiger partial charge on any atom is -0.375 e. The Morgan fingerprint density at radius 3 is 1.44 bits per heavy atom. The number of ketones is 2. The van der Waals surface area contributed by atoms with Crippen molar-refractivity contribution in [2.45, 2.75) is 123 Å². The minimum atomic E-state index is -0.316. The summed E-state index contributed by atoms with van der Waals surface area (Å²) in [5.41, 5.74) is 0. The Bertz CT molecular complexity index is 332. The summed E-state index contributed by atoms with van der Waals surface area (Å²) in [5.74, 6) is -0.556. The van der Waals surface area contributed by atoms with E-state index in [1.165, 1.54) is 90.1 Å². The van der Waals surface area contributed by atoms with Crippen molar-refractivity contribution in [3.8, 4) is 0 Å². The Hall–Kier alpha value is -0.740. The lowest BCUT2D eigenvalue weighted by Crippen LogP contribution is -2.14.